The van der Waals surface area contributed by atoms with Crippen LogP contribution in [0.1, 0.15) is 48.4 Å². The van der Waals surface area contributed by atoms with Crippen molar-refractivity contribution in [1.82, 2.24) is 14.5 Å². The normalized spacial score (nSPS) is 18.7. The summed E-state index contributed by atoms with van der Waals surface area (Å²) in [6.07, 6.45) is 3.55. The van der Waals surface area contributed by atoms with E-state index in [1.807, 2.05) is 34.8 Å². The Labute approximate surface area is 140 Å². The Bertz CT molecular complexity index is 713. The smallest absolute Gasteiger partial charge is 0.256 e. The molecular formula is C17H23N3O2S. The molecule has 1 amide bonds. The third kappa shape index (κ3) is 2.81. The van der Waals surface area contributed by atoms with Gasteiger partial charge in [-0.1, -0.05) is 0 Å². The van der Waals surface area contributed by atoms with Crippen LogP contribution in [0.25, 0.3) is 5.13 Å². The number of likely N-dealkylation sites (tertiary alicyclic amines) is 1. The summed E-state index contributed by atoms with van der Waals surface area (Å²) >= 11 is 1.55. The third-order valence-electron chi connectivity index (χ3n) is 4.60. The number of aryl methyl sites for hydroxylation is 1. The lowest BCUT2D eigenvalue weighted by atomic mass is 9.96. The summed E-state index contributed by atoms with van der Waals surface area (Å²) in [5.74, 6) is 0.00512. The van der Waals surface area contributed by atoms with E-state index >= 15 is 0 Å². The Kier molecular flexibility index (Phi) is 4.06. The number of hydrogen-bond acceptors (Lipinski definition) is 4. The second-order valence-corrected chi connectivity index (χ2v) is 7.62. The summed E-state index contributed by atoms with van der Waals surface area (Å²) in [6, 6.07) is 1.80. The van der Waals surface area contributed by atoms with Gasteiger partial charge >= 0.3 is 0 Å². The van der Waals surface area contributed by atoms with Gasteiger partial charge in [0.1, 0.15) is 0 Å². The molecule has 2 aromatic heterocycles. The average Bonchev–Trinajstić information content (AvgIpc) is 3.16. The molecule has 0 saturated carbocycles. The molecule has 3 rings (SSSR count). The second-order valence-electron chi connectivity index (χ2n) is 6.75. The minimum Gasteiger partial charge on any atom is -0.388 e. The Morgan fingerprint density at radius 3 is 2.78 bits per heavy atom. The molecule has 1 saturated heterocycles. The number of carbonyl (C=O) groups excluding carboxylic acids is 1. The first-order valence-electron chi connectivity index (χ1n) is 7.93. The molecule has 1 N–H and O–H groups in total. The van der Waals surface area contributed by atoms with Crippen molar-refractivity contribution in [3.63, 3.8) is 0 Å². The predicted molar refractivity (Wildman–Crippen MR) is 91.3 cm³/mol. The highest BCUT2D eigenvalue weighted by molar-refractivity contribution is 7.12. The fraction of sp³-hybridized carbons (Fsp3) is 0.529. The molecule has 0 aromatic carbocycles. The van der Waals surface area contributed by atoms with E-state index in [0.29, 0.717) is 12.1 Å². The quantitative estimate of drug-likeness (QED) is 0.939. The number of rotatable bonds is 3. The summed E-state index contributed by atoms with van der Waals surface area (Å²) in [4.78, 5) is 19.2. The maximum Gasteiger partial charge on any atom is 0.256 e. The van der Waals surface area contributed by atoms with Gasteiger partial charge < -0.3 is 10.0 Å². The molecule has 1 atom stereocenters. The minimum atomic E-state index is -0.882. The third-order valence-corrected chi connectivity index (χ3v) is 5.36. The Hall–Kier alpha value is -1.66. The second kappa shape index (κ2) is 5.76. The fourth-order valence-corrected chi connectivity index (χ4v) is 4.25. The molecule has 5 nitrogen and oxygen atoms in total. The average molecular weight is 333 g/mol. The molecule has 2 aromatic rings. The minimum absolute atomic E-state index is 0.00512. The van der Waals surface area contributed by atoms with E-state index in [1.165, 1.54) is 0 Å². The molecule has 0 spiro atoms. The maximum atomic E-state index is 13.0. The molecule has 1 unspecified atom stereocenters. The van der Waals surface area contributed by atoms with Crippen molar-refractivity contribution < 1.29 is 9.90 Å². The van der Waals surface area contributed by atoms with Gasteiger partial charge in [-0.15, -0.1) is 11.3 Å². The first-order valence-corrected chi connectivity index (χ1v) is 8.81. The summed E-state index contributed by atoms with van der Waals surface area (Å²) in [6.45, 7) is 8.21. The van der Waals surface area contributed by atoms with Gasteiger partial charge in [-0.05, 0) is 46.6 Å². The highest BCUT2D eigenvalue weighted by Crippen LogP contribution is 2.30. The SMILES string of the molecule is Cc1cc(C(=O)N2CCCC2C(C)(C)O)c(C)n1-c1nccs1. The van der Waals surface area contributed by atoms with Gasteiger partial charge in [-0.25, -0.2) is 4.98 Å². The number of hydrogen-bond donors (Lipinski definition) is 1. The monoisotopic (exact) mass is 333 g/mol. The van der Waals surface area contributed by atoms with Crippen molar-refractivity contribution in [3.8, 4) is 5.13 Å². The lowest BCUT2D eigenvalue weighted by Gasteiger charge is -2.33. The van der Waals surface area contributed by atoms with Crippen LogP contribution in [0, 0.1) is 13.8 Å². The number of nitrogens with zero attached hydrogens (tertiary/aromatic N) is 3. The number of aromatic nitrogens is 2. The van der Waals surface area contributed by atoms with Crippen molar-refractivity contribution in [2.75, 3.05) is 6.54 Å². The van der Waals surface area contributed by atoms with E-state index in [1.54, 1.807) is 31.4 Å². The van der Waals surface area contributed by atoms with Crippen LogP contribution < -0.4 is 0 Å². The van der Waals surface area contributed by atoms with Gasteiger partial charge in [-0.2, -0.15) is 0 Å². The van der Waals surface area contributed by atoms with Gasteiger partial charge in [0.2, 0.25) is 0 Å². The van der Waals surface area contributed by atoms with Crippen LogP contribution in [0.3, 0.4) is 0 Å². The summed E-state index contributed by atoms with van der Waals surface area (Å²) < 4.78 is 2.02. The molecule has 6 heteroatoms. The van der Waals surface area contributed by atoms with Crippen LogP contribution in [-0.4, -0.2) is 43.7 Å². The van der Waals surface area contributed by atoms with Crippen molar-refractivity contribution >= 4 is 17.2 Å². The van der Waals surface area contributed by atoms with E-state index in [4.69, 9.17) is 0 Å². The summed E-state index contributed by atoms with van der Waals surface area (Å²) in [7, 11) is 0. The van der Waals surface area contributed by atoms with Gasteiger partial charge in [0.05, 0.1) is 17.2 Å². The zero-order chi connectivity index (χ0) is 16.8. The molecule has 1 aliphatic rings. The molecule has 0 aliphatic carbocycles. The van der Waals surface area contributed by atoms with Crippen LogP contribution in [-0.2, 0) is 0 Å². The molecule has 1 fully saturated rings. The largest absolute Gasteiger partial charge is 0.388 e. The van der Waals surface area contributed by atoms with Crippen LogP contribution in [0.5, 0.6) is 0 Å². The van der Waals surface area contributed by atoms with E-state index in [9.17, 15) is 9.90 Å². The fourth-order valence-electron chi connectivity index (χ4n) is 3.50. The summed E-state index contributed by atoms with van der Waals surface area (Å²) in [5, 5.41) is 13.2. The molecule has 0 radical (unpaired) electrons. The first-order chi connectivity index (χ1) is 10.8. The zero-order valence-electron chi connectivity index (χ0n) is 14.0. The maximum absolute atomic E-state index is 13.0. The molecule has 0 bridgehead atoms. The van der Waals surface area contributed by atoms with Gasteiger partial charge in [0.25, 0.3) is 5.91 Å². The van der Waals surface area contributed by atoms with Crippen LogP contribution in [0.4, 0.5) is 0 Å². The number of aliphatic hydroxyl groups is 1. The van der Waals surface area contributed by atoms with Crippen LogP contribution in [0.2, 0.25) is 0 Å². The number of amides is 1. The van der Waals surface area contributed by atoms with Crippen LogP contribution in [0.15, 0.2) is 17.6 Å². The first kappa shape index (κ1) is 16.2. The van der Waals surface area contributed by atoms with E-state index in [-0.39, 0.29) is 11.9 Å². The summed E-state index contributed by atoms with van der Waals surface area (Å²) in [5.41, 5.74) is 1.73. The van der Waals surface area contributed by atoms with Gasteiger partial charge in [-0.3, -0.25) is 9.36 Å². The lowest BCUT2D eigenvalue weighted by Crippen LogP contribution is -2.48. The highest BCUT2D eigenvalue weighted by Gasteiger charge is 2.39. The molecule has 23 heavy (non-hydrogen) atoms. The molecular weight excluding hydrogens is 310 g/mol. The molecule has 124 valence electrons. The van der Waals surface area contributed by atoms with Crippen molar-refractivity contribution in [2.45, 2.75) is 52.2 Å². The van der Waals surface area contributed by atoms with Gasteiger partial charge in [0, 0.05) is 29.5 Å². The Morgan fingerprint density at radius 1 is 1.43 bits per heavy atom. The van der Waals surface area contributed by atoms with E-state index < -0.39 is 5.60 Å². The topological polar surface area (TPSA) is 58.4 Å². The number of thiazole rings is 1. The van der Waals surface area contributed by atoms with E-state index in [0.717, 1.165) is 29.4 Å². The predicted octanol–water partition coefficient (Wildman–Crippen LogP) is 2.93. The Balaban J connectivity index is 1.96. The van der Waals surface area contributed by atoms with Crippen molar-refractivity contribution in [1.29, 1.82) is 0 Å². The zero-order valence-corrected chi connectivity index (χ0v) is 14.9. The van der Waals surface area contributed by atoms with Crippen molar-refractivity contribution in [2.24, 2.45) is 0 Å². The van der Waals surface area contributed by atoms with Crippen molar-refractivity contribution in [3.05, 3.63) is 34.6 Å². The number of carbonyl (C=O) groups is 1. The Morgan fingerprint density at radius 2 is 2.17 bits per heavy atom. The highest BCUT2D eigenvalue weighted by atomic mass is 32.1. The molecule has 1 aliphatic heterocycles. The van der Waals surface area contributed by atoms with Crippen LogP contribution >= 0.6 is 11.3 Å². The molecule has 3 heterocycles. The van der Waals surface area contributed by atoms with E-state index in [2.05, 4.69) is 4.98 Å². The standard InChI is InChI=1S/C17H23N3O2S/c1-11-10-13(12(2)20(11)16-18-7-9-23-16)15(21)19-8-5-6-14(19)17(3,4)22/h7,9-10,14,22H,5-6,8H2,1-4H3. The van der Waals surface area contributed by atoms with Gasteiger partial charge in [0.15, 0.2) is 5.13 Å². The lowest BCUT2D eigenvalue weighted by molar-refractivity contribution is 0.000305.